The van der Waals surface area contributed by atoms with Crippen molar-refractivity contribution in [2.45, 2.75) is 6.04 Å². The minimum atomic E-state index is -0.276. The lowest BCUT2D eigenvalue weighted by Gasteiger charge is -2.35. The normalized spacial score (nSPS) is 16.1. The second-order valence-electron chi connectivity index (χ2n) is 6.16. The molecule has 0 spiro atoms. The Bertz CT molecular complexity index is 730. The fourth-order valence-corrected chi connectivity index (χ4v) is 3.09. The number of amides is 1. The number of morpholine rings is 1. The molecule has 6 heteroatoms. The van der Waals surface area contributed by atoms with E-state index in [-0.39, 0.29) is 17.8 Å². The van der Waals surface area contributed by atoms with Gasteiger partial charge in [-0.3, -0.25) is 9.69 Å². The van der Waals surface area contributed by atoms with Crippen LogP contribution < -0.4 is 10.1 Å². The lowest BCUT2D eigenvalue weighted by atomic mass is 10.0. The topological polar surface area (TPSA) is 50.8 Å². The third-order valence-electron chi connectivity index (χ3n) is 4.53. The first-order valence-corrected chi connectivity index (χ1v) is 8.67. The zero-order chi connectivity index (χ0) is 18.4. The van der Waals surface area contributed by atoms with E-state index in [4.69, 9.17) is 9.47 Å². The van der Waals surface area contributed by atoms with Crippen molar-refractivity contribution in [3.05, 3.63) is 65.5 Å². The molecule has 5 nitrogen and oxygen atoms in total. The molecule has 1 aliphatic heterocycles. The fraction of sp³-hybridized carbons (Fsp3) is 0.350. The summed E-state index contributed by atoms with van der Waals surface area (Å²) in [6.45, 7) is 3.17. The van der Waals surface area contributed by atoms with Gasteiger partial charge in [0.15, 0.2) is 0 Å². The number of carbonyl (C=O) groups is 1. The summed E-state index contributed by atoms with van der Waals surface area (Å²) in [5, 5.41) is 2.97. The first kappa shape index (κ1) is 18.4. The third-order valence-corrected chi connectivity index (χ3v) is 4.53. The van der Waals surface area contributed by atoms with Crippen molar-refractivity contribution in [3.8, 4) is 5.75 Å². The highest BCUT2D eigenvalue weighted by Gasteiger charge is 2.23. The van der Waals surface area contributed by atoms with E-state index in [1.807, 2.05) is 6.07 Å². The van der Waals surface area contributed by atoms with E-state index in [9.17, 15) is 9.18 Å². The Labute approximate surface area is 152 Å². The van der Waals surface area contributed by atoms with Gasteiger partial charge < -0.3 is 14.8 Å². The number of hydrogen-bond acceptors (Lipinski definition) is 4. The Morgan fingerprint density at radius 1 is 1.23 bits per heavy atom. The smallest absolute Gasteiger partial charge is 0.251 e. The minimum absolute atomic E-state index is 0.100. The molecule has 0 aliphatic carbocycles. The van der Waals surface area contributed by atoms with Crippen molar-refractivity contribution < 1.29 is 18.7 Å². The molecule has 1 atom stereocenters. The maximum absolute atomic E-state index is 13.7. The van der Waals surface area contributed by atoms with Gasteiger partial charge in [-0.05, 0) is 42.0 Å². The van der Waals surface area contributed by atoms with Crippen LogP contribution in [-0.2, 0) is 4.74 Å². The van der Waals surface area contributed by atoms with Crippen LogP contribution >= 0.6 is 0 Å². The summed E-state index contributed by atoms with van der Waals surface area (Å²) in [7, 11) is 1.58. The molecular weight excluding hydrogens is 335 g/mol. The quantitative estimate of drug-likeness (QED) is 0.863. The molecule has 1 heterocycles. The molecule has 1 unspecified atom stereocenters. The molecule has 1 amide bonds. The number of halogens is 1. The summed E-state index contributed by atoms with van der Waals surface area (Å²) in [5.41, 5.74) is 1.41. The monoisotopic (exact) mass is 358 g/mol. The van der Waals surface area contributed by atoms with E-state index < -0.39 is 0 Å². The SMILES string of the molecule is COc1ccc(C(=O)NCC(c2cccc(F)c2)N2CCOCC2)cc1. The lowest BCUT2D eigenvalue weighted by Crippen LogP contribution is -2.43. The first-order chi connectivity index (χ1) is 12.7. The van der Waals surface area contributed by atoms with Crippen LogP contribution in [0.3, 0.4) is 0 Å². The Kier molecular flexibility index (Phi) is 6.20. The summed E-state index contributed by atoms with van der Waals surface area (Å²) in [6.07, 6.45) is 0. The van der Waals surface area contributed by atoms with Crippen LogP contribution in [0.1, 0.15) is 22.0 Å². The van der Waals surface area contributed by atoms with Gasteiger partial charge >= 0.3 is 0 Å². The third kappa shape index (κ3) is 4.59. The van der Waals surface area contributed by atoms with Gasteiger partial charge in [-0.15, -0.1) is 0 Å². The highest BCUT2D eigenvalue weighted by Crippen LogP contribution is 2.22. The lowest BCUT2D eigenvalue weighted by molar-refractivity contribution is 0.0162. The zero-order valence-corrected chi connectivity index (χ0v) is 14.8. The number of hydrogen-bond donors (Lipinski definition) is 1. The average Bonchev–Trinajstić information content (AvgIpc) is 2.69. The average molecular weight is 358 g/mol. The fourth-order valence-electron chi connectivity index (χ4n) is 3.09. The molecule has 1 saturated heterocycles. The predicted octanol–water partition coefficient (Wildman–Crippen LogP) is 2.64. The van der Waals surface area contributed by atoms with E-state index in [0.29, 0.717) is 31.1 Å². The predicted molar refractivity (Wildman–Crippen MR) is 96.9 cm³/mol. The van der Waals surface area contributed by atoms with Crippen LogP contribution in [0.2, 0.25) is 0 Å². The van der Waals surface area contributed by atoms with Crippen LogP contribution in [0, 0.1) is 5.82 Å². The highest BCUT2D eigenvalue weighted by atomic mass is 19.1. The van der Waals surface area contributed by atoms with Gasteiger partial charge in [-0.1, -0.05) is 12.1 Å². The molecule has 2 aromatic rings. The summed E-state index contributed by atoms with van der Waals surface area (Å²) in [5.74, 6) is 0.261. The molecule has 0 radical (unpaired) electrons. The summed E-state index contributed by atoms with van der Waals surface area (Å²) in [6, 6.07) is 13.4. The van der Waals surface area contributed by atoms with Crippen molar-refractivity contribution in [2.75, 3.05) is 40.0 Å². The number of ether oxygens (including phenoxy) is 2. The Morgan fingerprint density at radius 3 is 2.62 bits per heavy atom. The number of nitrogens with one attached hydrogen (secondary N) is 1. The Morgan fingerprint density at radius 2 is 1.96 bits per heavy atom. The van der Waals surface area contributed by atoms with E-state index in [1.54, 1.807) is 37.4 Å². The summed E-state index contributed by atoms with van der Waals surface area (Å²) in [4.78, 5) is 14.7. The number of benzene rings is 2. The van der Waals surface area contributed by atoms with Crippen LogP contribution in [0.4, 0.5) is 4.39 Å². The second-order valence-corrected chi connectivity index (χ2v) is 6.16. The minimum Gasteiger partial charge on any atom is -0.497 e. The van der Waals surface area contributed by atoms with Gasteiger partial charge in [0.05, 0.1) is 26.4 Å². The Balaban J connectivity index is 1.71. The molecule has 26 heavy (non-hydrogen) atoms. The molecule has 3 rings (SSSR count). The molecule has 1 aliphatic rings. The molecule has 0 bridgehead atoms. The summed E-state index contributed by atoms with van der Waals surface area (Å²) >= 11 is 0. The van der Waals surface area contributed by atoms with E-state index in [2.05, 4.69) is 10.2 Å². The molecule has 0 saturated carbocycles. The van der Waals surface area contributed by atoms with Gasteiger partial charge in [0.1, 0.15) is 11.6 Å². The molecule has 138 valence electrons. The molecule has 1 N–H and O–H groups in total. The standard InChI is InChI=1S/C20H23FN2O3/c1-25-18-7-5-15(6-8-18)20(24)22-14-19(23-9-11-26-12-10-23)16-3-2-4-17(21)13-16/h2-8,13,19H,9-12,14H2,1H3,(H,22,24). The van der Waals surface area contributed by atoms with E-state index in [0.717, 1.165) is 18.7 Å². The molecule has 0 aromatic heterocycles. The first-order valence-electron chi connectivity index (χ1n) is 8.67. The van der Waals surface area contributed by atoms with Gasteiger partial charge in [-0.2, -0.15) is 0 Å². The van der Waals surface area contributed by atoms with E-state index in [1.165, 1.54) is 12.1 Å². The largest absolute Gasteiger partial charge is 0.497 e. The van der Waals surface area contributed by atoms with E-state index >= 15 is 0 Å². The van der Waals surface area contributed by atoms with Crippen LogP contribution in [0.15, 0.2) is 48.5 Å². The van der Waals surface area contributed by atoms with Crippen molar-refractivity contribution in [3.63, 3.8) is 0 Å². The summed E-state index contributed by atoms with van der Waals surface area (Å²) < 4.78 is 24.2. The molecule has 2 aromatic carbocycles. The van der Waals surface area contributed by atoms with Crippen molar-refractivity contribution in [1.82, 2.24) is 10.2 Å². The highest BCUT2D eigenvalue weighted by molar-refractivity contribution is 5.94. The number of nitrogens with zero attached hydrogens (tertiary/aromatic N) is 1. The zero-order valence-electron chi connectivity index (χ0n) is 14.8. The maximum Gasteiger partial charge on any atom is 0.251 e. The van der Waals surface area contributed by atoms with Crippen molar-refractivity contribution in [1.29, 1.82) is 0 Å². The maximum atomic E-state index is 13.7. The van der Waals surface area contributed by atoms with Crippen molar-refractivity contribution >= 4 is 5.91 Å². The number of methoxy groups -OCH3 is 1. The molecule has 1 fully saturated rings. The molecular formula is C20H23FN2O3. The van der Waals surface area contributed by atoms with Crippen molar-refractivity contribution in [2.24, 2.45) is 0 Å². The Hall–Kier alpha value is -2.44. The van der Waals surface area contributed by atoms with Crippen LogP contribution in [0.25, 0.3) is 0 Å². The second kappa shape index (κ2) is 8.78. The van der Waals surface area contributed by atoms with Gasteiger partial charge in [0, 0.05) is 25.2 Å². The number of rotatable bonds is 6. The van der Waals surface area contributed by atoms with Crippen LogP contribution in [-0.4, -0.2) is 50.8 Å². The van der Waals surface area contributed by atoms with Crippen LogP contribution in [0.5, 0.6) is 5.75 Å². The van der Waals surface area contributed by atoms with Gasteiger partial charge in [-0.25, -0.2) is 4.39 Å². The number of carbonyl (C=O) groups excluding carboxylic acids is 1. The van der Waals surface area contributed by atoms with Gasteiger partial charge in [0.2, 0.25) is 0 Å². The van der Waals surface area contributed by atoms with Gasteiger partial charge in [0.25, 0.3) is 5.91 Å².